The van der Waals surface area contributed by atoms with Crippen molar-refractivity contribution in [3.05, 3.63) is 36.0 Å². The first-order chi connectivity index (χ1) is 9.90. The van der Waals surface area contributed by atoms with Gasteiger partial charge in [-0.05, 0) is 32.9 Å². The number of aromatic nitrogens is 3. The highest BCUT2D eigenvalue weighted by Gasteiger charge is 2.20. The number of anilines is 1. The molecule has 0 spiro atoms. The number of para-hydroxylation sites is 1. The van der Waals surface area contributed by atoms with Gasteiger partial charge in [-0.25, -0.2) is 9.48 Å². The van der Waals surface area contributed by atoms with Crippen LogP contribution in [0.25, 0.3) is 5.69 Å². The van der Waals surface area contributed by atoms with Gasteiger partial charge in [0.15, 0.2) is 17.8 Å². The number of amides is 1. The van der Waals surface area contributed by atoms with Crippen LogP contribution in [0, 0.1) is 0 Å². The Balaban J connectivity index is 2.25. The number of carbonyl (C=O) groups excluding carboxylic acids is 2. The summed E-state index contributed by atoms with van der Waals surface area (Å²) in [7, 11) is 0. The highest BCUT2D eigenvalue weighted by molar-refractivity contribution is 5.90. The molecule has 0 aliphatic heterocycles. The molecule has 2 rings (SSSR count). The summed E-state index contributed by atoms with van der Waals surface area (Å²) in [5, 5.41) is 10.1. The SMILES string of the molecule is CC(C)(C)OC(=O)Nc1nnn(-c2ccccc2)c1C=O. The molecule has 21 heavy (non-hydrogen) atoms. The molecule has 0 aliphatic carbocycles. The Morgan fingerprint density at radius 3 is 2.52 bits per heavy atom. The van der Waals surface area contributed by atoms with E-state index >= 15 is 0 Å². The maximum absolute atomic E-state index is 11.7. The van der Waals surface area contributed by atoms with Crippen molar-refractivity contribution in [1.29, 1.82) is 0 Å². The number of hydrogen-bond acceptors (Lipinski definition) is 5. The summed E-state index contributed by atoms with van der Waals surface area (Å²) in [5.74, 6) is 0.0584. The highest BCUT2D eigenvalue weighted by atomic mass is 16.6. The molecule has 1 N–H and O–H groups in total. The van der Waals surface area contributed by atoms with Crippen molar-refractivity contribution >= 4 is 18.2 Å². The summed E-state index contributed by atoms with van der Waals surface area (Å²) in [6.07, 6.45) is -0.106. The van der Waals surface area contributed by atoms with Crippen molar-refractivity contribution in [1.82, 2.24) is 15.0 Å². The van der Waals surface area contributed by atoms with E-state index in [1.807, 2.05) is 18.2 Å². The summed E-state index contributed by atoms with van der Waals surface area (Å²) < 4.78 is 6.46. The molecular formula is C14H16N4O3. The molecule has 0 unspecified atom stereocenters. The van der Waals surface area contributed by atoms with Gasteiger partial charge in [0.2, 0.25) is 0 Å². The topological polar surface area (TPSA) is 86.1 Å². The standard InChI is InChI=1S/C14H16N4O3/c1-14(2,3)21-13(20)15-12-11(9-19)18(17-16-12)10-7-5-4-6-8-10/h4-9H,1-3H3,(H,15,20). The molecule has 110 valence electrons. The van der Waals surface area contributed by atoms with Crippen molar-refractivity contribution in [2.45, 2.75) is 26.4 Å². The molecule has 7 nitrogen and oxygen atoms in total. The molecular weight excluding hydrogens is 272 g/mol. The maximum Gasteiger partial charge on any atom is 0.413 e. The van der Waals surface area contributed by atoms with E-state index in [1.54, 1.807) is 32.9 Å². The third-order valence-corrected chi connectivity index (χ3v) is 2.44. The van der Waals surface area contributed by atoms with Gasteiger partial charge in [-0.1, -0.05) is 23.4 Å². The second kappa shape index (κ2) is 5.74. The molecule has 2 aromatic rings. The average Bonchev–Trinajstić information content (AvgIpc) is 2.80. The fraction of sp³-hybridized carbons (Fsp3) is 0.286. The van der Waals surface area contributed by atoms with Gasteiger partial charge < -0.3 is 4.74 Å². The van der Waals surface area contributed by atoms with Crippen LogP contribution in [-0.2, 0) is 4.74 Å². The van der Waals surface area contributed by atoms with E-state index in [4.69, 9.17) is 4.74 Å². The van der Waals surface area contributed by atoms with Crippen molar-refractivity contribution < 1.29 is 14.3 Å². The number of hydrogen-bond donors (Lipinski definition) is 1. The van der Waals surface area contributed by atoms with E-state index in [1.165, 1.54) is 4.68 Å². The predicted octanol–water partition coefficient (Wildman–Crippen LogP) is 2.43. The first-order valence-electron chi connectivity index (χ1n) is 6.37. The molecule has 7 heteroatoms. The Kier molecular flexibility index (Phi) is 4.02. The Hall–Kier alpha value is -2.70. The minimum Gasteiger partial charge on any atom is -0.444 e. The second-order valence-electron chi connectivity index (χ2n) is 5.32. The van der Waals surface area contributed by atoms with Crippen LogP contribution in [0.1, 0.15) is 31.3 Å². The molecule has 0 radical (unpaired) electrons. The molecule has 0 bridgehead atoms. The number of ether oxygens (including phenoxy) is 1. The van der Waals surface area contributed by atoms with Crippen LogP contribution >= 0.6 is 0 Å². The monoisotopic (exact) mass is 288 g/mol. The normalized spacial score (nSPS) is 11.0. The third kappa shape index (κ3) is 3.65. The van der Waals surface area contributed by atoms with E-state index in [0.29, 0.717) is 12.0 Å². The number of benzene rings is 1. The van der Waals surface area contributed by atoms with Crippen molar-refractivity contribution in [2.24, 2.45) is 0 Å². The molecule has 0 saturated heterocycles. The van der Waals surface area contributed by atoms with Crippen LogP contribution in [-0.4, -0.2) is 33.0 Å². The van der Waals surface area contributed by atoms with Crippen LogP contribution in [0.4, 0.5) is 10.6 Å². The molecule has 1 heterocycles. The first kappa shape index (κ1) is 14.7. The smallest absolute Gasteiger partial charge is 0.413 e. The van der Waals surface area contributed by atoms with Crippen molar-refractivity contribution in [3.63, 3.8) is 0 Å². The Morgan fingerprint density at radius 2 is 1.95 bits per heavy atom. The quantitative estimate of drug-likeness (QED) is 0.876. The van der Waals surface area contributed by atoms with Crippen LogP contribution in [0.2, 0.25) is 0 Å². The molecule has 1 amide bonds. The number of carbonyl (C=O) groups is 2. The van der Waals surface area contributed by atoms with Gasteiger partial charge >= 0.3 is 6.09 Å². The Morgan fingerprint density at radius 1 is 1.29 bits per heavy atom. The predicted molar refractivity (Wildman–Crippen MR) is 76.6 cm³/mol. The zero-order chi connectivity index (χ0) is 15.5. The van der Waals surface area contributed by atoms with Gasteiger partial charge in [0.05, 0.1) is 5.69 Å². The molecule has 1 aromatic carbocycles. The van der Waals surface area contributed by atoms with E-state index in [9.17, 15) is 9.59 Å². The summed E-state index contributed by atoms with van der Waals surface area (Å²) >= 11 is 0. The summed E-state index contributed by atoms with van der Waals surface area (Å²) in [5.41, 5.74) is 0.178. The zero-order valence-corrected chi connectivity index (χ0v) is 12.0. The van der Waals surface area contributed by atoms with Crippen LogP contribution < -0.4 is 5.32 Å². The Bertz CT molecular complexity index is 644. The number of aldehydes is 1. The van der Waals surface area contributed by atoms with Crippen molar-refractivity contribution in [2.75, 3.05) is 5.32 Å². The molecule has 0 saturated carbocycles. The van der Waals surface area contributed by atoms with Gasteiger partial charge in [-0.3, -0.25) is 10.1 Å². The molecule has 0 aliphatic rings. The fourth-order valence-electron chi connectivity index (χ4n) is 1.64. The molecule has 0 fully saturated rings. The van der Waals surface area contributed by atoms with Crippen LogP contribution in [0.15, 0.2) is 30.3 Å². The van der Waals surface area contributed by atoms with Crippen molar-refractivity contribution in [3.8, 4) is 5.69 Å². The number of nitrogens with zero attached hydrogens (tertiary/aromatic N) is 3. The van der Waals surface area contributed by atoms with Gasteiger partial charge in [0.1, 0.15) is 5.60 Å². The van der Waals surface area contributed by atoms with Gasteiger partial charge in [-0.15, -0.1) is 5.10 Å². The average molecular weight is 288 g/mol. The maximum atomic E-state index is 11.7. The first-order valence-corrected chi connectivity index (χ1v) is 6.37. The number of rotatable bonds is 3. The Labute approximate surface area is 121 Å². The lowest BCUT2D eigenvalue weighted by atomic mass is 10.2. The summed E-state index contributed by atoms with van der Waals surface area (Å²) in [4.78, 5) is 23.0. The van der Waals surface area contributed by atoms with Crippen LogP contribution in [0.5, 0.6) is 0 Å². The lowest BCUT2D eigenvalue weighted by molar-refractivity contribution is 0.0635. The minimum atomic E-state index is -0.689. The largest absolute Gasteiger partial charge is 0.444 e. The molecule has 1 aromatic heterocycles. The third-order valence-electron chi connectivity index (χ3n) is 2.44. The molecule has 0 atom stereocenters. The highest BCUT2D eigenvalue weighted by Crippen LogP contribution is 2.16. The van der Waals surface area contributed by atoms with E-state index in [2.05, 4.69) is 15.6 Å². The lowest BCUT2D eigenvalue weighted by Crippen LogP contribution is -2.27. The zero-order valence-electron chi connectivity index (χ0n) is 12.0. The van der Waals surface area contributed by atoms with Gasteiger partial charge in [0, 0.05) is 0 Å². The minimum absolute atomic E-state index is 0.0584. The summed E-state index contributed by atoms with van der Waals surface area (Å²) in [6.45, 7) is 5.23. The van der Waals surface area contributed by atoms with E-state index in [0.717, 1.165) is 0 Å². The number of nitrogens with one attached hydrogen (secondary N) is 1. The van der Waals surface area contributed by atoms with Gasteiger partial charge in [-0.2, -0.15) is 0 Å². The van der Waals surface area contributed by atoms with Crippen LogP contribution in [0.3, 0.4) is 0 Å². The fourth-order valence-corrected chi connectivity index (χ4v) is 1.64. The lowest BCUT2D eigenvalue weighted by Gasteiger charge is -2.19. The van der Waals surface area contributed by atoms with E-state index in [-0.39, 0.29) is 11.5 Å². The van der Waals surface area contributed by atoms with E-state index < -0.39 is 11.7 Å². The second-order valence-corrected chi connectivity index (χ2v) is 5.32. The summed E-state index contributed by atoms with van der Waals surface area (Å²) in [6, 6.07) is 9.03. The van der Waals surface area contributed by atoms with Gasteiger partial charge in [0.25, 0.3) is 0 Å².